The average Bonchev–Trinajstić information content (AvgIpc) is 3.15. The van der Waals surface area contributed by atoms with E-state index < -0.39 is 5.97 Å². The van der Waals surface area contributed by atoms with Gasteiger partial charge in [-0.15, -0.1) is 0 Å². The third-order valence-electron chi connectivity index (χ3n) is 5.75. The quantitative estimate of drug-likeness (QED) is 0.258. The number of halogens is 1. The van der Waals surface area contributed by atoms with E-state index in [1.807, 2.05) is 74.5 Å². The molecule has 5 nitrogen and oxygen atoms in total. The van der Waals surface area contributed by atoms with Crippen LogP contribution in [0.3, 0.4) is 0 Å². The zero-order valence-electron chi connectivity index (χ0n) is 19.3. The number of carboxylic acids is 1. The number of aromatic carboxylic acids is 1. The van der Waals surface area contributed by atoms with Crippen LogP contribution in [0.25, 0.3) is 17.3 Å². The maximum Gasteiger partial charge on any atom is 0.335 e. The molecule has 0 aliphatic rings. The van der Waals surface area contributed by atoms with Gasteiger partial charge < -0.3 is 14.4 Å². The number of hydrogen-bond donors (Lipinski definition) is 1. The fourth-order valence-electron chi connectivity index (χ4n) is 3.90. The minimum absolute atomic E-state index is 0.188. The molecule has 0 saturated carbocycles. The van der Waals surface area contributed by atoms with E-state index in [2.05, 4.69) is 26.6 Å². The molecule has 0 saturated heterocycles. The second kappa shape index (κ2) is 10.5. The highest BCUT2D eigenvalue weighted by Crippen LogP contribution is 2.27. The molecule has 0 spiro atoms. The van der Waals surface area contributed by atoms with Crippen LogP contribution in [0, 0.1) is 25.2 Å². The van der Waals surface area contributed by atoms with Gasteiger partial charge in [0.2, 0.25) is 0 Å². The number of aryl methyl sites for hydroxylation is 1. The number of aromatic nitrogens is 1. The first-order valence-electron chi connectivity index (χ1n) is 11.0. The van der Waals surface area contributed by atoms with E-state index in [-0.39, 0.29) is 5.56 Å². The maximum atomic E-state index is 11.1. The SMILES string of the molecule is Cc1cc(/C=C(/C#N)c2ccc(C(=O)O)cc2)c(C)n1-c1ccc(OCc2ccc(Br)cc2)cc1. The summed E-state index contributed by atoms with van der Waals surface area (Å²) in [7, 11) is 0. The van der Waals surface area contributed by atoms with Crippen molar-refractivity contribution >= 4 is 33.5 Å². The molecule has 1 heterocycles. The lowest BCUT2D eigenvalue weighted by atomic mass is 10.0. The topological polar surface area (TPSA) is 75.3 Å². The highest BCUT2D eigenvalue weighted by Gasteiger charge is 2.12. The van der Waals surface area contributed by atoms with Gasteiger partial charge in [0.25, 0.3) is 0 Å². The number of nitriles is 1. The Balaban J connectivity index is 1.55. The number of hydrogen-bond acceptors (Lipinski definition) is 3. The monoisotopic (exact) mass is 526 g/mol. The summed E-state index contributed by atoms with van der Waals surface area (Å²) in [5.74, 6) is -0.205. The molecule has 0 radical (unpaired) electrons. The first-order chi connectivity index (χ1) is 16.9. The molecule has 1 N–H and O–H groups in total. The fraction of sp³-hybridized carbons (Fsp3) is 0.103. The van der Waals surface area contributed by atoms with Crippen molar-refractivity contribution in [3.05, 3.63) is 117 Å². The van der Waals surface area contributed by atoms with Crippen LogP contribution in [0.1, 0.15) is 38.4 Å². The third-order valence-corrected chi connectivity index (χ3v) is 6.28. The predicted octanol–water partition coefficient (Wildman–Crippen LogP) is 7.20. The molecule has 35 heavy (non-hydrogen) atoms. The molecule has 0 fully saturated rings. The van der Waals surface area contributed by atoms with E-state index in [1.165, 1.54) is 12.1 Å². The molecule has 3 aromatic carbocycles. The molecule has 4 rings (SSSR count). The van der Waals surface area contributed by atoms with Crippen LogP contribution in [0.4, 0.5) is 0 Å². The summed E-state index contributed by atoms with van der Waals surface area (Å²) in [5, 5.41) is 18.8. The van der Waals surface area contributed by atoms with Crippen molar-refractivity contribution in [2.24, 2.45) is 0 Å². The van der Waals surface area contributed by atoms with E-state index in [0.717, 1.165) is 38.4 Å². The summed E-state index contributed by atoms with van der Waals surface area (Å²) in [6.07, 6.45) is 1.84. The number of nitrogens with zero attached hydrogens (tertiary/aromatic N) is 2. The summed E-state index contributed by atoms with van der Waals surface area (Å²) in [4.78, 5) is 11.1. The predicted molar refractivity (Wildman–Crippen MR) is 141 cm³/mol. The lowest BCUT2D eigenvalue weighted by Crippen LogP contribution is -2.00. The molecule has 0 aliphatic carbocycles. The lowest BCUT2D eigenvalue weighted by Gasteiger charge is -2.12. The highest BCUT2D eigenvalue weighted by atomic mass is 79.9. The Bertz CT molecular complexity index is 1430. The number of carbonyl (C=O) groups is 1. The van der Waals surface area contributed by atoms with Crippen LogP contribution in [-0.4, -0.2) is 15.6 Å². The number of rotatable bonds is 7. The lowest BCUT2D eigenvalue weighted by molar-refractivity contribution is 0.0697. The number of allylic oxidation sites excluding steroid dienone is 1. The van der Waals surface area contributed by atoms with Crippen molar-refractivity contribution in [2.75, 3.05) is 0 Å². The standard InChI is InChI=1S/C29H23BrN2O3/c1-19-15-24(16-25(17-31)22-5-7-23(8-6-22)29(33)34)20(2)32(19)27-11-13-28(14-12-27)35-18-21-3-9-26(30)10-4-21/h3-16H,18H2,1-2H3,(H,33,34)/b25-16-. The van der Waals surface area contributed by atoms with Gasteiger partial charge >= 0.3 is 5.97 Å². The first kappa shape index (κ1) is 24.1. The Kier molecular flexibility index (Phi) is 7.19. The highest BCUT2D eigenvalue weighted by molar-refractivity contribution is 9.10. The normalized spacial score (nSPS) is 11.2. The molecule has 0 amide bonds. The van der Waals surface area contributed by atoms with Crippen LogP contribution in [-0.2, 0) is 6.61 Å². The van der Waals surface area contributed by atoms with Crippen LogP contribution in [0.2, 0.25) is 0 Å². The molecular formula is C29H23BrN2O3. The van der Waals surface area contributed by atoms with Crippen molar-refractivity contribution in [3.8, 4) is 17.5 Å². The summed E-state index contributed by atoms with van der Waals surface area (Å²) in [5.41, 5.74) is 6.40. The Morgan fingerprint density at radius 2 is 1.63 bits per heavy atom. The molecule has 0 unspecified atom stereocenters. The Hall–Kier alpha value is -4.08. The van der Waals surface area contributed by atoms with Gasteiger partial charge in [0.15, 0.2) is 0 Å². The summed E-state index contributed by atoms with van der Waals surface area (Å²) >= 11 is 3.44. The van der Waals surface area contributed by atoms with Crippen molar-refractivity contribution in [1.29, 1.82) is 5.26 Å². The minimum atomic E-state index is -0.993. The molecule has 1 aromatic heterocycles. The second-order valence-electron chi connectivity index (χ2n) is 8.12. The Morgan fingerprint density at radius 1 is 1.00 bits per heavy atom. The molecule has 4 aromatic rings. The van der Waals surface area contributed by atoms with Gasteiger partial charge in [0.05, 0.1) is 17.2 Å². The van der Waals surface area contributed by atoms with Crippen LogP contribution < -0.4 is 4.74 Å². The number of carboxylic acid groups (broad SMARTS) is 1. The summed E-state index contributed by atoms with van der Waals surface area (Å²) in [6.45, 7) is 4.53. The molecule has 6 heteroatoms. The van der Waals surface area contributed by atoms with Gasteiger partial charge in [-0.25, -0.2) is 4.79 Å². The second-order valence-corrected chi connectivity index (χ2v) is 9.04. The minimum Gasteiger partial charge on any atom is -0.489 e. The molecular weight excluding hydrogens is 504 g/mol. The fourth-order valence-corrected chi connectivity index (χ4v) is 4.16. The van der Waals surface area contributed by atoms with Gasteiger partial charge in [0.1, 0.15) is 12.4 Å². The van der Waals surface area contributed by atoms with E-state index in [9.17, 15) is 10.1 Å². The zero-order valence-corrected chi connectivity index (χ0v) is 20.9. The number of benzene rings is 3. The van der Waals surface area contributed by atoms with Gasteiger partial charge in [-0.05, 0) is 91.2 Å². The smallest absolute Gasteiger partial charge is 0.335 e. The molecule has 0 aliphatic heterocycles. The van der Waals surface area contributed by atoms with E-state index in [1.54, 1.807) is 12.1 Å². The first-order valence-corrected chi connectivity index (χ1v) is 11.8. The van der Waals surface area contributed by atoms with Gasteiger partial charge in [-0.1, -0.05) is 40.2 Å². The molecule has 174 valence electrons. The van der Waals surface area contributed by atoms with E-state index in [4.69, 9.17) is 9.84 Å². The third kappa shape index (κ3) is 5.53. The van der Waals surface area contributed by atoms with E-state index >= 15 is 0 Å². The van der Waals surface area contributed by atoms with Crippen LogP contribution in [0.5, 0.6) is 5.75 Å². The van der Waals surface area contributed by atoms with Crippen molar-refractivity contribution in [2.45, 2.75) is 20.5 Å². The van der Waals surface area contributed by atoms with Crippen molar-refractivity contribution in [1.82, 2.24) is 4.57 Å². The summed E-state index contributed by atoms with van der Waals surface area (Å²) < 4.78 is 9.09. The van der Waals surface area contributed by atoms with E-state index in [0.29, 0.717) is 17.7 Å². The van der Waals surface area contributed by atoms with Crippen LogP contribution in [0.15, 0.2) is 83.3 Å². The van der Waals surface area contributed by atoms with Gasteiger partial charge in [0, 0.05) is 21.5 Å². The summed E-state index contributed by atoms with van der Waals surface area (Å²) in [6, 6.07) is 26.6. The van der Waals surface area contributed by atoms with Gasteiger partial charge in [-0.3, -0.25) is 0 Å². The molecule has 0 bridgehead atoms. The Morgan fingerprint density at radius 3 is 2.23 bits per heavy atom. The average molecular weight is 527 g/mol. The zero-order chi connectivity index (χ0) is 24.9. The largest absolute Gasteiger partial charge is 0.489 e. The van der Waals surface area contributed by atoms with Gasteiger partial charge in [-0.2, -0.15) is 5.26 Å². The maximum absolute atomic E-state index is 11.1. The van der Waals surface area contributed by atoms with Crippen LogP contribution >= 0.6 is 15.9 Å². The van der Waals surface area contributed by atoms with Crippen molar-refractivity contribution in [3.63, 3.8) is 0 Å². The van der Waals surface area contributed by atoms with Crippen molar-refractivity contribution < 1.29 is 14.6 Å². The molecule has 0 atom stereocenters. The Labute approximate surface area is 212 Å². The number of ether oxygens (including phenoxy) is 1.